The second-order valence-electron chi connectivity index (χ2n) is 6.07. The van der Waals surface area contributed by atoms with Gasteiger partial charge in [0.15, 0.2) is 12.4 Å². The molecule has 0 saturated heterocycles. The largest absolute Gasteiger partial charge is 1.00 e. The first kappa shape index (κ1) is 27.3. The zero-order chi connectivity index (χ0) is 20.4. The van der Waals surface area contributed by atoms with Crippen LogP contribution >= 0.6 is 0 Å². The summed E-state index contributed by atoms with van der Waals surface area (Å²) >= 11 is 0. The van der Waals surface area contributed by atoms with Crippen LogP contribution in [0.1, 0.15) is 24.7 Å². The Labute approximate surface area is 195 Å². The smallest absolute Gasteiger partial charge is 0.302 e. The summed E-state index contributed by atoms with van der Waals surface area (Å²) in [5.74, 6) is 0.386. The fourth-order valence-corrected chi connectivity index (χ4v) is 2.48. The van der Waals surface area contributed by atoms with E-state index in [2.05, 4.69) is 23.5 Å². The lowest BCUT2D eigenvalue weighted by Crippen LogP contribution is -3.00. The average Bonchev–Trinajstić information content (AvgIpc) is 2.71. The van der Waals surface area contributed by atoms with Crippen molar-refractivity contribution in [1.29, 1.82) is 0 Å². The summed E-state index contributed by atoms with van der Waals surface area (Å²) in [4.78, 5) is 22.0. The number of benzene rings is 2. The highest BCUT2D eigenvalue weighted by molar-refractivity contribution is 5.93. The molecule has 2 aromatic carbocycles. The van der Waals surface area contributed by atoms with Crippen LogP contribution in [0.5, 0.6) is 5.75 Å². The summed E-state index contributed by atoms with van der Waals surface area (Å²) < 4.78 is 11.6. The molecule has 0 unspecified atom stereocenters. The number of hydrogen-bond donors (Lipinski definition) is 1. The summed E-state index contributed by atoms with van der Waals surface area (Å²) in [6.07, 6.45) is 3.57. The predicted octanol–water partition coefficient (Wildman–Crippen LogP) is 0.293. The summed E-state index contributed by atoms with van der Waals surface area (Å²) in [6.45, 7) is 1.84. The maximum Gasteiger partial charge on any atom is 0.302 e. The van der Waals surface area contributed by atoms with E-state index in [1.807, 2.05) is 37.5 Å². The van der Waals surface area contributed by atoms with E-state index in [1.54, 1.807) is 30.0 Å². The van der Waals surface area contributed by atoms with Gasteiger partial charge in [-0.15, -0.1) is 0 Å². The summed E-state index contributed by atoms with van der Waals surface area (Å²) in [5, 5.41) is 5.12. The molecule has 6 nitrogen and oxygen atoms in total. The third-order valence-electron chi connectivity index (χ3n) is 3.85. The molecule has 0 aliphatic heterocycles. The Bertz CT molecular complexity index is 947. The van der Waals surface area contributed by atoms with Crippen LogP contribution in [0.25, 0.3) is 10.8 Å². The topological polar surface area (TPSA) is 68.5 Å². The summed E-state index contributed by atoms with van der Waals surface area (Å²) in [5.41, 5.74) is 0.577. The number of amides is 1. The van der Waals surface area contributed by atoms with Crippen molar-refractivity contribution in [1.82, 2.24) is 5.32 Å². The van der Waals surface area contributed by atoms with E-state index < -0.39 is 0 Å². The molecular formula is C23H29IN2O4. The Balaban J connectivity index is 0.000000541. The number of rotatable bonds is 5. The van der Waals surface area contributed by atoms with Crippen LogP contribution in [0.3, 0.4) is 0 Å². The van der Waals surface area contributed by atoms with E-state index in [0.717, 1.165) is 5.75 Å². The summed E-state index contributed by atoms with van der Waals surface area (Å²) in [7, 11) is 3.53. The minimum Gasteiger partial charge on any atom is -1.00 e. The number of ether oxygens (including phenoxy) is 2. The van der Waals surface area contributed by atoms with Crippen LogP contribution in [0.2, 0.25) is 0 Å². The minimum atomic E-state index is -0.347. The van der Waals surface area contributed by atoms with Gasteiger partial charge in [0.1, 0.15) is 25.0 Å². The van der Waals surface area contributed by atoms with Gasteiger partial charge in [0, 0.05) is 13.0 Å². The van der Waals surface area contributed by atoms with Crippen molar-refractivity contribution in [2.75, 3.05) is 20.3 Å². The van der Waals surface area contributed by atoms with Gasteiger partial charge in [-0.05, 0) is 29.0 Å². The number of carbonyl (C=O) groups is 2. The lowest BCUT2D eigenvalue weighted by molar-refractivity contribution is -0.671. The van der Waals surface area contributed by atoms with Crippen molar-refractivity contribution in [3.63, 3.8) is 0 Å². The monoisotopic (exact) mass is 524 g/mol. The van der Waals surface area contributed by atoms with Gasteiger partial charge < -0.3 is 38.8 Å². The molecule has 1 aromatic heterocycles. The van der Waals surface area contributed by atoms with E-state index in [-0.39, 0.29) is 49.9 Å². The van der Waals surface area contributed by atoms with Crippen LogP contribution in [0.4, 0.5) is 0 Å². The molecule has 162 valence electrons. The highest BCUT2D eigenvalue weighted by Gasteiger charge is 2.07. The van der Waals surface area contributed by atoms with Crippen molar-refractivity contribution in [2.24, 2.45) is 7.05 Å². The molecule has 1 amide bonds. The van der Waals surface area contributed by atoms with Gasteiger partial charge in [0.05, 0.1) is 13.7 Å². The number of aryl methyl sites for hydroxylation is 1. The standard InChI is InChI=1S/C11H14N2O3.C11H10O.CH4.HI/c1-9(14)16-7-5-12-11(15)10-4-3-6-13(2)8-10;1-12-11-7-6-9-4-2-3-5-10(9)8-11;;/h3-4,6,8H,5,7H2,1-2H3;2-8H,1H3;1H4;1H. The average molecular weight is 524 g/mol. The molecule has 0 atom stereocenters. The maximum absolute atomic E-state index is 11.6. The molecule has 1 N–H and O–H groups in total. The lowest BCUT2D eigenvalue weighted by Gasteiger charge is -2.04. The molecule has 0 radical (unpaired) electrons. The Kier molecular flexibility index (Phi) is 13.0. The molecule has 7 heteroatoms. The Hall–Kier alpha value is -2.68. The fraction of sp³-hybridized carbons (Fsp3) is 0.261. The van der Waals surface area contributed by atoms with E-state index in [1.165, 1.54) is 17.7 Å². The van der Waals surface area contributed by atoms with E-state index in [9.17, 15) is 9.59 Å². The first-order chi connectivity index (χ1) is 13.5. The van der Waals surface area contributed by atoms with E-state index in [0.29, 0.717) is 12.1 Å². The van der Waals surface area contributed by atoms with Crippen molar-refractivity contribution in [3.8, 4) is 5.75 Å². The zero-order valence-electron chi connectivity index (χ0n) is 16.7. The second kappa shape index (κ2) is 14.3. The third-order valence-corrected chi connectivity index (χ3v) is 3.85. The summed E-state index contributed by atoms with van der Waals surface area (Å²) in [6, 6.07) is 17.8. The van der Waals surface area contributed by atoms with Crippen LogP contribution in [-0.2, 0) is 16.6 Å². The van der Waals surface area contributed by atoms with Crippen LogP contribution in [-0.4, -0.2) is 32.1 Å². The molecule has 3 rings (SSSR count). The molecule has 30 heavy (non-hydrogen) atoms. The molecule has 3 aromatic rings. The van der Waals surface area contributed by atoms with Gasteiger partial charge in [-0.1, -0.05) is 37.8 Å². The minimum absolute atomic E-state index is 0. The molecule has 1 heterocycles. The van der Waals surface area contributed by atoms with Crippen molar-refractivity contribution >= 4 is 22.6 Å². The third kappa shape index (κ3) is 9.21. The van der Waals surface area contributed by atoms with Gasteiger partial charge >= 0.3 is 5.97 Å². The number of esters is 1. The van der Waals surface area contributed by atoms with Gasteiger partial charge in [0.25, 0.3) is 5.91 Å². The number of fused-ring (bicyclic) bond motifs is 1. The normalized spacial score (nSPS) is 9.17. The predicted molar refractivity (Wildman–Crippen MR) is 114 cm³/mol. The molecular weight excluding hydrogens is 495 g/mol. The lowest BCUT2D eigenvalue weighted by atomic mass is 10.1. The number of methoxy groups -OCH3 is 1. The van der Waals surface area contributed by atoms with Crippen molar-refractivity contribution in [3.05, 3.63) is 72.6 Å². The van der Waals surface area contributed by atoms with Gasteiger partial charge in [0.2, 0.25) is 0 Å². The number of aromatic nitrogens is 1. The number of nitrogens with one attached hydrogen (secondary N) is 1. The highest BCUT2D eigenvalue weighted by atomic mass is 127. The number of nitrogens with zero attached hydrogens (tertiary/aromatic N) is 1. The van der Waals surface area contributed by atoms with Gasteiger partial charge in [-0.25, -0.2) is 4.57 Å². The molecule has 0 spiro atoms. The van der Waals surface area contributed by atoms with E-state index >= 15 is 0 Å². The maximum atomic E-state index is 11.6. The number of hydrogen-bond acceptors (Lipinski definition) is 4. The molecule has 0 saturated carbocycles. The molecule has 0 aliphatic carbocycles. The molecule has 0 bridgehead atoms. The first-order valence-electron chi connectivity index (χ1n) is 8.89. The highest BCUT2D eigenvalue weighted by Crippen LogP contribution is 2.19. The van der Waals surface area contributed by atoms with E-state index in [4.69, 9.17) is 9.47 Å². The number of carbonyl (C=O) groups excluding carboxylic acids is 2. The van der Waals surface area contributed by atoms with Gasteiger partial charge in [-0.3, -0.25) is 9.59 Å². The Morgan fingerprint density at radius 1 is 1.03 bits per heavy atom. The number of pyridine rings is 1. The fourth-order valence-electron chi connectivity index (χ4n) is 2.48. The van der Waals surface area contributed by atoms with Crippen LogP contribution in [0, 0.1) is 0 Å². The number of halogens is 1. The molecule has 0 aliphatic rings. The molecule has 0 fully saturated rings. The van der Waals surface area contributed by atoms with Crippen LogP contribution < -0.4 is 38.6 Å². The second-order valence-corrected chi connectivity index (χ2v) is 6.07. The van der Waals surface area contributed by atoms with Gasteiger partial charge in [-0.2, -0.15) is 0 Å². The zero-order valence-corrected chi connectivity index (χ0v) is 18.9. The SMILES string of the molecule is C.CC(=O)OCCNC(=O)c1ccc[n+](C)c1.COc1ccc2ccccc2c1.[I-]. The van der Waals surface area contributed by atoms with Crippen molar-refractivity contribution in [2.45, 2.75) is 14.4 Å². The Morgan fingerprint density at radius 2 is 1.73 bits per heavy atom. The van der Waals surface area contributed by atoms with Crippen molar-refractivity contribution < 1.29 is 47.6 Å². The quantitative estimate of drug-likeness (QED) is 0.226. The Morgan fingerprint density at radius 3 is 2.37 bits per heavy atom. The van der Waals surface area contributed by atoms with Crippen LogP contribution in [0.15, 0.2) is 67.0 Å². The first-order valence-corrected chi connectivity index (χ1v) is 8.89.